The molecule has 1 aliphatic rings. The maximum absolute atomic E-state index is 5.80. The van der Waals surface area contributed by atoms with E-state index >= 15 is 0 Å². The molecule has 0 amide bonds. The Hall–Kier alpha value is -1.66. The summed E-state index contributed by atoms with van der Waals surface area (Å²) in [5, 5.41) is 7.69. The van der Waals surface area contributed by atoms with Gasteiger partial charge in [0.25, 0.3) is 0 Å². The normalized spacial score (nSPS) is 17.5. The molecule has 0 aliphatic carbocycles. The predicted octanol–water partition coefficient (Wildman–Crippen LogP) is 3.61. The SMILES string of the molecule is CCc1ccc(CN[C@@H](c2nc(C(C)C)no2)C2CCOCC2)o1. The van der Waals surface area contributed by atoms with E-state index in [0.29, 0.717) is 18.4 Å². The Morgan fingerprint density at radius 1 is 1.21 bits per heavy atom. The summed E-state index contributed by atoms with van der Waals surface area (Å²) in [6.45, 7) is 8.46. The second-order valence-electron chi connectivity index (χ2n) is 6.68. The highest BCUT2D eigenvalue weighted by Crippen LogP contribution is 2.30. The summed E-state index contributed by atoms with van der Waals surface area (Å²) in [6.07, 6.45) is 2.90. The first-order valence-corrected chi connectivity index (χ1v) is 8.89. The van der Waals surface area contributed by atoms with Gasteiger partial charge < -0.3 is 13.7 Å². The van der Waals surface area contributed by atoms with Crippen LogP contribution in [0, 0.1) is 5.92 Å². The van der Waals surface area contributed by atoms with Gasteiger partial charge in [-0.25, -0.2) is 0 Å². The molecule has 3 heterocycles. The molecule has 1 N–H and O–H groups in total. The second kappa shape index (κ2) is 7.94. The van der Waals surface area contributed by atoms with Crippen LogP contribution in [0.25, 0.3) is 0 Å². The van der Waals surface area contributed by atoms with Gasteiger partial charge in [0.15, 0.2) is 5.82 Å². The number of ether oxygens (including phenoxy) is 1. The Kier molecular flexibility index (Phi) is 5.68. The maximum Gasteiger partial charge on any atom is 0.244 e. The lowest BCUT2D eigenvalue weighted by atomic mass is 9.91. The second-order valence-corrected chi connectivity index (χ2v) is 6.68. The molecular weight excluding hydrogens is 306 g/mol. The van der Waals surface area contributed by atoms with Crippen molar-refractivity contribution < 1.29 is 13.7 Å². The van der Waals surface area contributed by atoms with Gasteiger partial charge in [0.05, 0.1) is 12.6 Å². The van der Waals surface area contributed by atoms with Gasteiger partial charge >= 0.3 is 0 Å². The monoisotopic (exact) mass is 333 g/mol. The molecule has 0 radical (unpaired) electrons. The molecule has 0 bridgehead atoms. The Morgan fingerprint density at radius 2 is 1.96 bits per heavy atom. The van der Waals surface area contributed by atoms with E-state index < -0.39 is 0 Å². The lowest BCUT2D eigenvalue weighted by molar-refractivity contribution is 0.0482. The van der Waals surface area contributed by atoms with Gasteiger partial charge in [-0.05, 0) is 30.9 Å². The molecule has 1 atom stereocenters. The highest BCUT2D eigenvalue weighted by molar-refractivity contribution is 5.07. The van der Waals surface area contributed by atoms with Crippen LogP contribution >= 0.6 is 0 Å². The first-order valence-electron chi connectivity index (χ1n) is 8.89. The smallest absolute Gasteiger partial charge is 0.244 e. The van der Waals surface area contributed by atoms with Crippen molar-refractivity contribution in [2.75, 3.05) is 13.2 Å². The third kappa shape index (κ3) is 4.05. The molecule has 3 rings (SSSR count). The molecule has 1 aliphatic heterocycles. The van der Waals surface area contributed by atoms with Crippen molar-refractivity contribution in [3.05, 3.63) is 35.4 Å². The number of rotatable bonds is 7. The van der Waals surface area contributed by atoms with Gasteiger partial charge in [-0.2, -0.15) is 4.98 Å². The van der Waals surface area contributed by atoms with E-state index in [-0.39, 0.29) is 12.0 Å². The highest BCUT2D eigenvalue weighted by Gasteiger charge is 2.30. The number of furan rings is 1. The molecule has 2 aromatic rings. The number of aryl methyl sites for hydroxylation is 1. The topological polar surface area (TPSA) is 73.3 Å². The molecule has 6 heteroatoms. The number of nitrogens with zero attached hydrogens (tertiary/aromatic N) is 2. The van der Waals surface area contributed by atoms with E-state index in [2.05, 4.69) is 36.2 Å². The third-order valence-corrected chi connectivity index (χ3v) is 4.54. The van der Waals surface area contributed by atoms with Crippen molar-refractivity contribution in [3.63, 3.8) is 0 Å². The first kappa shape index (κ1) is 17.2. The van der Waals surface area contributed by atoms with E-state index in [1.165, 1.54) is 0 Å². The molecule has 2 aromatic heterocycles. The van der Waals surface area contributed by atoms with Crippen molar-refractivity contribution >= 4 is 0 Å². The van der Waals surface area contributed by atoms with Crippen molar-refractivity contribution in [2.45, 2.75) is 58.5 Å². The number of aromatic nitrogens is 2. The van der Waals surface area contributed by atoms with Gasteiger partial charge in [-0.3, -0.25) is 5.32 Å². The summed E-state index contributed by atoms with van der Waals surface area (Å²) in [5.41, 5.74) is 0. The summed E-state index contributed by atoms with van der Waals surface area (Å²) < 4.78 is 16.9. The van der Waals surface area contributed by atoms with Crippen LogP contribution in [0.4, 0.5) is 0 Å². The van der Waals surface area contributed by atoms with E-state index in [1.807, 2.05) is 12.1 Å². The molecule has 1 fully saturated rings. The average Bonchev–Trinajstić information content (AvgIpc) is 3.25. The van der Waals surface area contributed by atoms with Crippen molar-refractivity contribution in [3.8, 4) is 0 Å². The van der Waals surface area contributed by atoms with E-state index in [1.54, 1.807) is 0 Å². The minimum absolute atomic E-state index is 0.0316. The van der Waals surface area contributed by atoms with Crippen LogP contribution in [0.5, 0.6) is 0 Å². The fraction of sp³-hybridized carbons (Fsp3) is 0.667. The van der Waals surface area contributed by atoms with Gasteiger partial charge in [0.2, 0.25) is 5.89 Å². The summed E-state index contributed by atoms with van der Waals surface area (Å²) >= 11 is 0. The number of nitrogens with one attached hydrogen (secondary N) is 1. The molecule has 0 aromatic carbocycles. The number of hydrogen-bond acceptors (Lipinski definition) is 6. The Labute approximate surface area is 143 Å². The molecule has 1 saturated heterocycles. The van der Waals surface area contributed by atoms with Crippen LogP contribution in [0.3, 0.4) is 0 Å². The zero-order valence-corrected chi connectivity index (χ0v) is 14.7. The first-order chi connectivity index (χ1) is 11.7. The quantitative estimate of drug-likeness (QED) is 0.834. The minimum Gasteiger partial charge on any atom is -0.465 e. The molecule has 0 unspecified atom stereocenters. The van der Waals surface area contributed by atoms with Crippen molar-refractivity contribution in [2.24, 2.45) is 5.92 Å². The van der Waals surface area contributed by atoms with Crippen LogP contribution in [-0.2, 0) is 17.7 Å². The van der Waals surface area contributed by atoms with Crippen LogP contribution in [0.1, 0.15) is 68.8 Å². The zero-order chi connectivity index (χ0) is 16.9. The largest absolute Gasteiger partial charge is 0.465 e. The highest BCUT2D eigenvalue weighted by atomic mass is 16.5. The van der Waals surface area contributed by atoms with Crippen LogP contribution in [0.15, 0.2) is 21.1 Å². The Bertz CT molecular complexity index is 629. The summed E-state index contributed by atoms with van der Waals surface area (Å²) in [7, 11) is 0. The third-order valence-electron chi connectivity index (χ3n) is 4.54. The van der Waals surface area contributed by atoms with Crippen molar-refractivity contribution in [1.82, 2.24) is 15.5 Å². The molecule has 0 saturated carbocycles. The standard InChI is InChI=1S/C18H27N3O3/c1-4-14-5-6-15(23-14)11-19-16(13-7-9-22-10-8-13)18-20-17(12(2)3)21-24-18/h5-6,12-13,16,19H,4,7-11H2,1-3H3/t16-/m1/s1. The minimum atomic E-state index is 0.0316. The predicted molar refractivity (Wildman–Crippen MR) is 89.6 cm³/mol. The lowest BCUT2D eigenvalue weighted by Crippen LogP contribution is -2.32. The van der Waals surface area contributed by atoms with Gasteiger partial charge in [0, 0.05) is 25.6 Å². The zero-order valence-electron chi connectivity index (χ0n) is 14.7. The molecule has 24 heavy (non-hydrogen) atoms. The van der Waals surface area contributed by atoms with E-state index in [4.69, 9.17) is 13.7 Å². The average molecular weight is 333 g/mol. The molecule has 132 valence electrons. The molecule has 6 nitrogen and oxygen atoms in total. The fourth-order valence-corrected chi connectivity index (χ4v) is 3.03. The van der Waals surface area contributed by atoms with Crippen LogP contribution in [-0.4, -0.2) is 23.4 Å². The Balaban J connectivity index is 1.73. The molecule has 0 spiro atoms. The van der Waals surface area contributed by atoms with E-state index in [9.17, 15) is 0 Å². The Morgan fingerprint density at radius 3 is 2.58 bits per heavy atom. The summed E-state index contributed by atoms with van der Waals surface area (Å²) in [5.74, 6) is 4.07. The number of hydrogen-bond donors (Lipinski definition) is 1. The van der Waals surface area contributed by atoms with Gasteiger partial charge in [-0.15, -0.1) is 0 Å². The van der Waals surface area contributed by atoms with Crippen molar-refractivity contribution in [1.29, 1.82) is 0 Å². The fourth-order valence-electron chi connectivity index (χ4n) is 3.03. The molecular formula is C18H27N3O3. The maximum atomic E-state index is 5.80. The summed E-state index contributed by atoms with van der Waals surface area (Å²) in [4.78, 5) is 4.61. The van der Waals surface area contributed by atoms with Gasteiger partial charge in [0.1, 0.15) is 11.5 Å². The van der Waals surface area contributed by atoms with E-state index in [0.717, 1.165) is 49.8 Å². The van der Waals surface area contributed by atoms with Gasteiger partial charge in [-0.1, -0.05) is 25.9 Å². The van der Waals surface area contributed by atoms with Crippen LogP contribution in [0.2, 0.25) is 0 Å². The lowest BCUT2D eigenvalue weighted by Gasteiger charge is -2.28. The summed E-state index contributed by atoms with van der Waals surface area (Å²) in [6, 6.07) is 4.09. The van der Waals surface area contributed by atoms with Crippen LogP contribution < -0.4 is 5.32 Å².